The number of nitrogens with zero attached hydrogens (tertiary/aromatic N) is 1. The molecule has 1 heterocycles. The maximum absolute atomic E-state index is 13.0. The number of amides is 1. The zero-order chi connectivity index (χ0) is 24.2. The number of carbonyl (C=O) groups is 1. The molecule has 172 valence electrons. The Hall–Kier alpha value is -3.59. The first-order chi connectivity index (χ1) is 15.7. The molecule has 0 aliphatic heterocycles. The Balaban J connectivity index is 0.00000149. The quantitative estimate of drug-likeness (QED) is 0.318. The molecule has 9 heteroatoms. The van der Waals surface area contributed by atoms with Gasteiger partial charge in [-0.05, 0) is 60.7 Å². The smallest absolute Gasteiger partial charge is 0.418 e. The van der Waals surface area contributed by atoms with Crippen LogP contribution in [0.5, 0.6) is 5.75 Å². The van der Waals surface area contributed by atoms with Crippen LogP contribution in [0.25, 0.3) is 20.8 Å². The highest BCUT2D eigenvalue weighted by molar-refractivity contribution is 7.21. The number of aromatic nitrogens is 1. The van der Waals surface area contributed by atoms with Crippen molar-refractivity contribution < 1.29 is 22.7 Å². The van der Waals surface area contributed by atoms with Gasteiger partial charge in [0.05, 0.1) is 22.9 Å². The van der Waals surface area contributed by atoms with Gasteiger partial charge in [0.25, 0.3) is 5.91 Å². The number of anilines is 2. The van der Waals surface area contributed by atoms with Crippen molar-refractivity contribution in [2.75, 3.05) is 18.2 Å². The third-order valence-electron chi connectivity index (χ3n) is 4.61. The van der Waals surface area contributed by atoms with Crippen molar-refractivity contribution in [2.45, 2.75) is 20.0 Å². The highest BCUT2D eigenvalue weighted by atomic mass is 32.1. The lowest BCUT2D eigenvalue weighted by atomic mass is 10.1. The Morgan fingerprint density at radius 1 is 1.03 bits per heavy atom. The lowest BCUT2D eigenvalue weighted by Crippen LogP contribution is -2.15. The average molecular weight is 474 g/mol. The highest BCUT2D eigenvalue weighted by Gasteiger charge is 2.33. The average Bonchev–Trinajstić information content (AvgIpc) is 3.23. The van der Waals surface area contributed by atoms with Gasteiger partial charge in [-0.1, -0.05) is 13.8 Å². The summed E-state index contributed by atoms with van der Waals surface area (Å²) >= 11 is 1.50. The molecule has 0 atom stereocenters. The number of halogens is 3. The molecular formula is C24H22F3N3O2S. The number of methoxy groups -OCH3 is 1. The van der Waals surface area contributed by atoms with E-state index < -0.39 is 23.3 Å². The van der Waals surface area contributed by atoms with Crippen molar-refractivity contribution in [1.29, 1.82) is 0 Å². The molecule has 5 nitrogen and oxygen atoms in total. The second kappa shape index (κ2) is 9.91. The van der Waals surface area contributed by atoms with Gasteiger partial charge < -0.3 is 15.8 Å². The van der Waals surface area contributed by atoms with Gasteiger partial charge in [-0.15, -0.1) is 11.3 Å². The van der Waals surface area contributed by atoms with E-state index in [2.05, 4.69) is 10.3 Å². The molecule has 0 aliphatic carbocycles. The van der Waals surface area contributed by atoms with Gasteiger partial charge in [0.15, 0.2) is 0 Å². The zero-order valence-electron chi connectivity index (χ0n) is 18.2. The first kappa shape index (κ1) is 24.1. The summed E-state index contributed by atoms with van der Waals surface area (Å²) < 4.78 is 45.3. The molecule has 0 spiro atoms. The fourth-order valence-electron chi connectivity index (χ4n) is 3.00. The van der Waals surface area contributed by atoms with Gasteiger partial charge in [0.2, 0.25) is 0 Å². The monoisotopic (exact) mass is 473 g/mol. The number of benzene rings is 3. The van der Waals surface area contributed by atoms with Crippen molar-refractivity contribution in [3.8, 4) is 16.3 Å². The van der Waals surface area contributed by atoms with Gasteiger partial charge >= 0.3 is 6.18 Å². The summed E-state index contributed by atoms with van der Waals surface area (Å²) in [5.41, 5.74) is 5.93. The van der Waals surface area contributed by atoms with Crippen molar-refractivity contribution in [3.05, 3.63) is 71.8 Å². The summed E-state index contributed by atoms with van der Waals surface area (Å²) in [5.74, 6) is 0.0856. The Kier molecular flexibility index (Phi) is 7.23. The van der Waals surface area contributed by atoms with Crippen LogP contribution in [0, 0.1) is 0 Å². The van der Waals surface area contributed by atoms with E-state index in [-0.39, 0.29) is 5.56 Å². The topological polar surface area (TPSA) is 77.2 Å². The van der Waals surface area contributed by atoms with E-state index in [0.29, 0.717) is 5.69 Å². The Morgan fingerprint density at radius 3 is 2.36 bits per heavy atom. The summed E-state index contributed by atoms with van der Waals surface area (Å²) in [6.45, 7) is 4.00. The second-order valence-electron chi connectivity index (χ2n) is 6.68. The van der Waals surface area contributed by atoms with E-state index in [1.165, 1.54) is 17.4 Å². The minimum atomic E-state index is -4.64. The van der Waals surface area contributed by atoms with Crippen molar-refractivity contribution in [1.82, 2.24) is 4.98 Å². The highest BCUT2D eigenvalue weighted by Crippen LogP contribution is 2.35. The van der Waals surface area contributed by atoms with Crippen LogP contribution in [0.3, 0.4) is 0 Å². The molecule has 0 aliphatic rings. The number of hydrogen-bond acceptors (Lipinski definition) is 5. The largest absolute Gasteiger partial charge is 0.497 e. The van der Waals surface area contributed by atoms with Gasteiger partial charge in [-0.3, -0.25) is 4.79 Å². The van der Waals surface area contributed by atoms with Crippen LogP contribution in [0.4, 0.5) is 24.5 Å². The van der Waals surface area contributed by atoms with Crippen LogP contribution in [0.1, 0.15) is 29.8 Å². The minimum Gasteiger partial charge on any atom is -0.497 e. The number of hydrogen-bond donors (Lipinski definition) is 2. The molecule has 3 N–H and O–H groups in total. The van der Waals surface area contributed by atoms with Crippen molar-refractivity contribution >= 4 is 38.8 Å². The number of nitrogen functional groups attached to an aromatic ring is 1. The summed E-state index contributed by atoms with van der Waals surface area (Å²) in [6, 6.07) is 15.6. The zero-order valence-corrected chi connectivity index (χ0v) is 19.0. The molecule has 1 aromatic heterocycles. The van der Waals surface area contributed by atoms with Crippen molar-refractivity contribution in [2.24, 2.45) is 0 Å². The fraction of sp³-hybridized carbons (Fsp3) is 0.167. The van der Waals surface area contributed by atoms with Crippen LogP contribution < -0.4 is 15.8 Å². The first-order valence-corrected chi connectivity index (χ1v) is 10.9. The van der Waals surface area contributed by atoms with Gasteiger partial charge in [0, 0.05) is 22.5 Å². The molecule has 0 fully saturated rings. The van der Waals surface area contributed by atoms with E-state index >= 15 is 0 Å². The molecule has 33 heavy (non-hydrogen) atoms. The summed E-state index contributed by atoms with van der Waals surface area (Å²) in [6.07, 6.45) is -4.64. The predicted octanol–water partition coefficient (Wildman–Crippen LogP) is 6.85. The lowest BCUT2D eigenvalue weighted by molar-refractivity contribution is -0.136. The number of carbonyl (C=O) groups excluding carboxylic acids is 1. The van der Waals surface area contributed by atoms with Gasteiger partial charge in [-0.25, -0.2) is 4.98 Å². The first-order valence-electron chi connectivity index (χ1n) is 10.1. The standard InChI is InChI=1S/C22H16F3N3O2S.C2H6/c1-30-15-7-9-18-19(11-15)31-21(28-18)12-2-5-14(6-3-12)27-20(29)13-4-8-17(26)16(10-13)22(23,24)25;1-2/h2-11H,26H2,1H3,(H,27,29);1-2H3. The van der Waals surface area contributed by atoms with E-state index in [0.717, 1.165) is 38.7 Å². The van der Waals surface area contributed by atoms with Gasteiger partial charge in [0.1, 0.15) is 10.8 Å². The van der Waals surface area contributed by atoms with E-state index in [4.69, 9.17) is 10.5 Å². The Morgan fingerprint density at radius 2 is 1.73 bits per heavy atom. The van der Waals surface area contributed by atoms with E-state index in [1.807, 2.05) is 32.0 Å². The number of fused-ring (bicyclic) bond motifs is 1. The van der Waals surface area contributed by atoms with Crippen LogP contribution in [0.15, 0.2) is 60.7 Å². The minimum absolute atomic E-state index is 0.134. The number of rotatable bonds is 4. The number of ether oxygens (including phenoxy) is 1. The van der Waals surface area contributed by atoms with Crippen LogP contribution in [-0.2, 0) is 6.18 Å². The fourth-order valence-corrected chi connectivity index (χ4v) is 4.00. The second-order valence-corrected chi connectivity index (χ2v) is 7.71. The number of nitrogens with two attached hydrogens (primary N) is 1. The van der Waals surface area contributed by atoms with E-state index in [9.17, 15) is 18.0 Å². The predicted molar refractivity (Wildman–Crippen MR) is 127 cm³/mol. The molecule has 4 rings (SSSR count). The molecule has 0 radical (unpaired) electrons. The Bertz CT molecular complexity index is 1270. The molecule has 0 unspecified atom stereocenters. The summed E-state index contributed by atoms with van der Waals surface area (Å²) in [7, 11) is 1.60. The van der Waals surface area contributed by atoms with Crippen LogP contribution in [-0.4, -0.2) is 18.0 Å². The maximum Gasteiger partial charge on any atom is 0.418 e. The van der Waals surface area contributed by atoms with Crippen LogP contribution >= 0.6 is 11.3 Å². The molecule has 3 aromatic carbocycles. The molecule has 0 saturated heterocycles. The summed E-state index contributed by atoms with van der Waals surface area (Å²) in [5, 5.41) is 3.40. The lowest BCUT2D eigenvalue weighted by Gasteiger charge is -2.12. The molecule has 0 saturated carbocycles. The SMILES string of the molecule is CC.COc1ccc2nc(-c3ccc(NC(=O)c4ccc(N)c(C(F)(F)F)c4)cc3)sc2c1. The molecule has 4 aromatic rings. The number of thiazole rings is 1. The van der Waals surface area contributed by atoms with E-state index in [1.54, 1.807) is 31.4 Å². The number of alkyl halides is 3. The molecule has 1 amide bonds. The maximum atomic E-state index is 13.0. The third-order valence-corrected chi connectivity index (χ3v) is 5.67. The normalized spacial score (nSPS) is 11.0. The summed E-state index contributed by atoms with van der Waals surface area (Å²) in [4.78, 5) is 17.0. The van der Waals surface area contributed by atoms with Crippen LogP contribution in [0.2, 0.25) is 0 Å². The molecule has 0 bridgehead atoms. The Labute approximate surface area is 193 Å². The molecular weight excluding hydrogens is 451 g/mol. The van der Waals surface area contributed by atoms with Crippen molar-refractivity contribution in [3.63, 3.8) is 0 Å². The third kappa shape index (κ3) is 5.43. The number of nitrogens with one attached hydrogen (secondary N) is 1. The van der Waals surface area contributed by atoms with Gasteiger partial charge in [-0.2, -0.15) is 13.2 Å².